The molecule has 0 spiro atoms. The summed E-state index contributed by atoms with van der Waals surface area (Å²) >= 11 is 0. The van der Waals surface area contributed by atoms with Gasteiger partial charge in [0.2, 0.25) is 0 Å². The Balaban J connectivity index is 1.62. The van der Waals surface area contributed by atoms with Gasteiger partial charge in [0, 0.05) is 35.6 Å². The van der Waals surface area contributed by atoms with Gasteiger partial charge >= 0.3 is 12.5 Å². The number of hydrogen-bond donors (Lipinski definition) is 2. The second kappa shape index (κ2) is 11.7. The zero-order valence-electron chi connectivity index (χ0n) is 24.8. The van der Waals surface area contributed by atoms with Crippen LogP contribution in [0, 0.1) is 12.7 Å². The first kappa shape index (κ1) is 33.0. The number of aromatic nitrogens is 3. The molecule has 1 aliphatic rings. The Morgan fingerprint density at radius 3 is 2.29 bits per heavy atom. The average Bonchev–Trinajstić information content (AvgIpc) is 3.69. The molecule has 6 rings (SSSR count). The summed E-state index contributed by atoms with van der Waals surface area (Å²) in [5.41, 5.74) is -1.18. The number of ether oxygens (including phenoxy) is 2. The number of fused-ring (bicyclic) bond motifs is 1. The summed E-state index contributed by atoms with van der Waals surface area (Å²) in [5, 5.41) is 19.3. The van der Waals surface area contributed by atoms with E-state index in [1.165, 1.54) is 43.3 Å². The molecule has 48 heavy (non-hydrogen) atoms. The Morgan fingerprint density at radius 1 is 0.938 bits per heavy atom. The van der Waals surface area contributed by atoms with Gasteiger partial charge in [-0.15, -0.1) is 8.78 Å². The molecule has 0 saturated carbocycles. The number of sulfone groups is 1. The molecule has 2 N–H and O–H groups in total. The smallest absolute Gasteiger partial charge is 0.440 e. The van der Waals surface area contributed by atoms with E-state index in [1.54, 1.807) is 0 Å². The van der Waals surface area contributed by atoms with Gasteiger partial charge in [-0.2, -0.15) is 13.2 Å². The van der Waals surface area contributed by atoms with Gasteiger partial charge in [0.1, 0.15) is 17.3 Å². The Hall–Kier alpha value is -4.87. The minimum Gasteiger partial charge on any atom is -0.440 e. The van der Waals surface area contributed by atoms with Crippen LogP contribution in [0.25, 0.3) is 39.4 Å². The number of aliphatic hydroxyl groups is 2. The van der Waals surface area contributed by atoms with E-state index in [0.29, 0.717) is 0 Å². The van der Waals surface area contributed by atoms with Gasteiger partial charge in [-0.3, -0.25) is 0 Å². The largest absolute Gasteiger partial charge is 0.586 e. The average molecular weight is 696 g/mol. The molecule has 10 nitrogen and oxygen atoms in total. The number of alkyl halides is 5. The van der Waals surface area contributed by atoms with Crippen molar-refractivity contribution in [2.45, 2.75) is 37.3 Å². The van der Waals surface area contributed by atoms with Crippen LogP contribution in [0.1, 0.15) is 23.0 Å². The van der Waals surface area contributed by atoms with Crippen LogP contribution in [-0.4, -0.2) is 52.3 Å². The summed E-state index contributed by atoms with van der Waals surface area (Å²) in [5.74, 6) is -1.84. The highest BCUT2D eigenvalue weighted by atomic mass is 32.2. The summed E-state index contributed by atoms with van der Waals surface area (Å²) in [4.78, 5) is 7.56. The van der Waals surface area contributed by atoms with Crippen molar-refractivity contribution in [3.05, 3.63) is 83.5 Å². The molecular weight excluding hydrogens is 672 g/mol. The van der Waals surface area contributed by atoms with Crippen molar-refractivity contribution >= 4 is 9.84 Å². The second-order valence-electron chi connectivity index (χ2n) is 10.7. The molecule has 3 aromatic carbocycles. The molecule has 17 heteroatoms. The van der Waals surface area contributed by atoms with Crippen molar-refractivity contribution in [3.63, 3.8) is 0 Å². The summed E-state index contributed by atoms with van der Waals surface area (Å²) in [6.45, 7) is 0.00144. The maximum absolute atomic E-state index is 15.1. The summed E-state index contributed by atoms with van der Waals surface area (Å²) in [6.07, 6.45) is -7.26. The van der Waals surface area contributed by atoms with Crippen molar-refractivity contribution in [1.82, 2.24) is 14.5 Å². The van der Waals surface area contributed by atoms with E-state index in [-0.39, 0.29) is 69.0 Å². The summed E-state index contributed by atoms with van der Waals surface area (Å²) in [7, 11) is -4.03. The quantitative estimate of drug-likeness (QED) is 0.185. The van der Waals surface area contributed by atoms with Gasteiger partial charge < -0.3 is 28.7 Å². The number of imidazole rings is 1. The van der Waals surface area contributed by atoms with E-state index >= 15 is 4.39 Å². The lowest BCUT2D eigenvalue weighted by atomic mass is 9.97. The molecular formula is C31H23F6N3O7S. The normalized spacial score (nSPS) is 14.1. The maximum atomic E-state index is 15.1. The number of hydrogen-bond acceptors (Lipinski definition) is 9. The first-order chi connectivity index (χ1) is 22.5. The van der Waals surface area contributed by atoms with Crippen molar-refractivity contribution in [3.8, 4) is 50.9 Å². The minimum absolute atomic E-state index is 0.00548. The molecule has 0 unspecified atom stereocenters. The van der Waals surface area contributed by atoms with Gasteiger partial charge in [-0.1, -0.05) is 6.07 Å². The van der Waals surface area contributed by atoms with Crippen LogP contribution in [0.15, 0.2) is 64.0 Å². The lowest BCUT2D eigenvalue weighted by Gasteiger charge is -2.15. The van der Waals surface area contributed by atoms with Crippen LogP contribution in [0.4, 0.5) is 26.3 Å². The van der Waals surface area contributed by atoms with Crippen molar-refractivity contribution < 1.29 is 58.9 Å². The van der Waals surface area contributed by atoms with Crippen LogP contribution in [0.2, 0.25) is 0 Å². The second-order valence-corrected chi connectivity index (χ2v) is 12.7. The molecule has 0 amide bonds. The van der Waals surface area contributed by atoms with Crippen molar-refractivity contribution in [2.24, 2.45) is 0 Å². The number of aryl methyl sites for hydroxylation is 1. The van der Waals surface area contributed by atoms with Gasteiger partial charge in [-0.05, 0) is 60.5 Å². The zero-order valence-corrected chi connectivity index (χ0v) is 25.6. The molecule has 0 radical (unpaired) electrons. The first-order valence-electron chi connectivity index (χ1n) is 13.9. The molecule has 2 aromatic heterocycles. The SMILES string of the molecule is Cc1nc(C(F)(F)F)cn1-c1ccc(-c2cc(F)c(CO)c(S(C)(=O)=O)c2)cc1-c1oc(CCO)nc1-c1ccc2c(c1)OC(F)(F)O2. The fourth-order valence-corrected chi connectivity index (χ4v) is 6.22. The monoisotopic (exact) mass is 695 g/mol. The van der Waals surface area contributed by atoms with Crippen LogP contribution < -0.4 is 9.47 Å². The van der Waals surface area contributed by atoms with Crippen LogP contribution in [-0.2, 0) is 29.0 Å². The lowest BCUT2D eigenvalue weighted by Crippen LogP contribution is -2.25. The third-order valence-corrected chi connectivity index (χ3v) is 8.55. The number of oxazole rings is 1. The topological polar surface area (TPSA) is 137 Å². The molecule has 0 aliphatic carbocycles. The van der Waals surface area contributed by atoms with E-state index in [0.717, 1.165) is 29.2 Å². The van der Waals surface area contributed by atoms with Gasteiger partial charge in [-0.25, -0.2) is 22.8 Å². The standard InChI is InChI=1S/C31H23F6N3O7S/c1-15-38-26(30(33,34)35)13-40(15)22-5-3-16(18-10-21(32)20(14-42)25(12-18)48(2,43)44)9-19(22)29-28(39-27(45-29)7-8-41)17-4-6-23-24(11-17)47-31(36,37)46-23/h3-6,9-13,41-42H,7-8,14H2,1-2H3. The lowest BCUT2D eigenvalue weighted by molar-refractivity contribution is -0.286. The van der Waals surface area contributed by atoms with Crippen LogP contribution in [0.3, 0.4) is 0 Å². The molecule has 1 aliphatic heterocycles. The molecule has 0 bridgehead atoms. The molecule has 0 saturated heterocycles. The molecule has 3 heterocycles. The van der Waals surface area contributed by atoms with E-state index < -0.39 is 57.5 Å². The maximum Gasteiger partial charge on any atom is 0.586 e. The Labute approximate surface area is 267 Å². The van der Waals surface area contributed by atoms with Gasteiger partial charge in [0.25, 0.3) is 0 Å². The highest BCUT2D eigenvalue weighted by Crippen LogP contribution is 2.46. The Bertz CT molecular complexity index is 2180. The highest BCUT2D eigenvalue weighted by Gasteiger charge is 2.43. The predicted molar refractivity (Wildman–Crippen MR) is 156 cm³/mol. The summed E-state index contributed by atoms with van der Waals surface area (Å²) < 4.78 is 125. The third-order valence-electron chi connectivity index (χ3n) is 7.39. The number of halogens is 6. The minimum atomic E-state index is -4.80. The van der Waals surface area contributed by atoms with E-state index in [1.807, 2.05) is 0 Å². The van der Waals surface area contributed by atoms with Crippen LogP contribution in [0.5, 0.6) is 11.5 Å². The van der Waals surface area contributed by atoms with Crippen molar-refractivity contribution in [1.29, 1.82) is 0 Å². The number of nitrogens with zero attached hydrogens (tertiary/aromatic N) is 3. The molecule has 252 valence electrons. The van der Waals surface area contributed by atoms with Crippen LogP contribution >= 0.6 is 0 Å². The van der Waals surface area contributed by atoms with Gasteiger partial charge in [0.05, 0.1) is 23.8 Å². The number of aliphatic hydroxyl groups excluding tert-OH is 2. The fourth-order valence-electron chi connectivity index (χ4n) is 5.26. The number of rotatable bonds is 8. The fraction of sp³-hybridized carbons (Fsp3) is 0.226. The van der Waals surface area contributed by atoms with Crippen molar-refractivity contribution in [2.75, 3.05) is 12.9 Å². The molecule has 0 atom stereocenters. The summed E-state index contributed by atoms with van der Waals surface area (Å²) in [6, 6.07) is 10.0. The van der Waals surface area contributed by atoms with E-state index in [9.17, 15) is 40.6 Å². The highest BCUT2D eigenvalue weighted by molar-refractivity contribution is 7.90. The molecule has 5 aromatic rings. The Kier molecular flexibility index (Phi) is 8.04. The first-order valence-corrected chi connectivity index (χ1v) is 15.8. The van der Waals surface area contributed by atoms with Gasteiger partial charge in [0.15, 0.2) is 38.7 Å². The van der Waals surface area contributed by atoms with E-state index in [2.05, 4.69) is 19.4 Å². The molecule has 0 fully saturated rings. The number of benzene rings is 3. The van der Waals surface area contributed by atoms with E-state index in [4.69, 9.17) is 4.42 Å². The zero-order chi connectivity index (χ0) is 34.8. The predicted octanol–water partition coefficient (Wildman–Crippen LogP) is 6.08. The Morgan fingerprint density at radius 2 is 1.65 bits per heavy atom. The third kappa shape index (κ3) is 6.11.